The molecule has 6 heteroatoms. The van der Waals surface area contributed by atoms with Gasteiger partial charge in [-0.15, -0.1) is 11.3 Å². The summed E-state index contributed by atoms with van der Waals surface area (Å²) in [5, 5.41) is 4.89. The fraction of sp³-hybridized carbons (Fsp3) is 0.300. The van der Waals surface area contributed by atoms with Gasteiger partial charge >= 0.3 is 0 Å². The minimum atomic E-state index is 0.0861. The highest BCUT2D eigenvalue weighted by molar-refractivity contribution is 7.18. The smallest absolute Gasteiger partial charge is 0.275 e. The van der Waals surface area contributed by atoms with Gasteiger partial charge in [0.15, 0.2) is 11.6 Å². The van der Waals surface area contributed by atoms with Crippen molar-refractivity contribution < 1.29 is 9.69 Å². The molecule has 1 saturated heterocycles. The molecule has 1 fully saturated rings. The van der Waals surface area contributed by atoms with Crippen molar-refractivity contribution in [2.24, 2.45) is 0 Å². The van der Waals surface area contributed by atoms with Crippen LogP contribution in [0.3, 0.4) is 0 Å². The molecule has 134 valence electrons. The number of halogens is 1. The molecule has 0 bridgehead atoms. The number of fused-ring (bicyclic) bond motifs is 1. The van der Waals surface area contributed by atoms with Gasteiger partial charge in [-0.2, -0.15) is 0 Å². The summed E-state index contributed by atoms with van der Waals surface area (Å²) >= 11 is 7.66. The highest BCUT2D eigenvalue weighted by Gasteiger charge is 2.33. The number of hydrogen-bond donors (Lipinski definition) is 2. The third-order valence-electron chi connectivity index (χ3n) is 4.88. The first-order valence-electron chi connectivity index (χ1n) is 8.90. The molecule has 2 N–H and O–H groups in total. The van der Waals surface area contributed by atoms with Crippen molar-refractivity contribution in [3.63, 3.8) is 0 Å². The highest BCUT2D eigenvalue weighted by Crippen LogP contribution is 2.28. The van der Waals surface area contributed by atoms with Gasteiger partial charge < -0.3 is 10.2 Å². The summed E-state index contributed by atoms with van der Waals surface area (Å²) in [5.74, 6) is 0.0861. The molecule has 2 atom stereocenters. The lowest BCUT2D eigenvalue weighted by atomic mass is 10.2. The largest absolute Gasteiger partial charge is 0.347 e. The van der Waals surface area contributed by atoms with Crippen molar-refractivity contribution in [2.75, 3.05) is 13.1 Å². The Kier molecular flexibility index (Phi) is 5.20. The van der Waals surface area contributed by atoms with Gasteiger partial charge in [0.1, 0.15) is 6.04 Å². The van der Waals surface area contributed by atoms with E-state index in [9.17, 15) is 4.79 Å². The molecule has 26 heavy (non-hydrogen) atoms. The van der Waals surface area contributed by atoms with Crippen molar-refractivity contribution in [3.8, 4) is 0 Å². The summed E-state index contributed by atoms with van der Waals surface area (Å²) in [6.45, 7) is 2.05. The van der Waals surface area contributed by atoms with Crippen molar-refractivity contribution in [1.29, 1.82) is 0 Å². The minimum absolute atomic E-state index is 0.0861. The average molecular weight is 387 g/mol. The van der Waals surface area contributed by atoms with Gasteiger partial charge in [0.2, 0.25) is 0 Å². The first-order chi connectivity index (χ1) is 12.7. The third kappa shape index (κ3) is 3.90. The summed E-state index contributed by atoms with van der Waals surface area (Å²) < 4.78 is 1.22. The van der Waals surface area contributed by atoms with E-state index in [1.54, 1.807) is 11.3 Å². The Morgan fingerprint density at radius 3 is 2.85 bits per heavy atom. The second-order valence-corrected chi connectivity index (χ2v) is 8.20. The summed E-state index contributed by atoms with van der Waals surface area (Å²) in [6, 6.07) is 16.1. The number of benzene rings is 2. The van der Waals surface area contributed by atoms with E-state index in [-0.39, 0.29) is 5.91 Å². The molecule has 1 aliphatic heterocycles. The van der Waals surface area contributed by atoms with Crippen LogP contribution in [0.15, 0.2) is 48.5 Å². The lowest BCUT2D eigenvalue weighted by Crippen LogP contribution is -3.11. The Labute approximate surface area is 161 Å². The van der Waals surface area contributed by atoms with Crippen LogP contribution in [0.4, 0.5) is 0 Å². The molecular formula is C20H21ClN3OS+. The Bertz CT molecular complexity index is 876. The molecule has 1 aliphatic rings. The predicted molar refractivity (Wildman–Crippen MR) is 106 cm³/mol. The van der Waals surface area contributed by atoms with Gasteiger partial charge in [-0.1, -0.05) is 35.9 Å². The Balaban J connectivity index is 1.38. The highest BCUT2D eigenvalue weighted by atomic mass is 35.5. The number of rotatable bonds is 5. The maximum atomic E-state index is 12.4. The maximum Gasteiger partial charge on any atom is 0.275 e. The molecule has 0 radical (unpaired) electrons. The summed E-state index contributed by atoms with van der Waals surface area (Å²) in [6.07, 6.45) is 2.24. The van der Waals surface area contributed by atoms with Crippen LogP contribution in [0, 0.1) is 0 Å². The fourth-order valence-electron chi connectivity index (χ4n) is 3.53. The van der Waals surface area contributed by atoms with Crippen molar-refractivity contribution in [2.45, 2.75) is 25.4 Å². The fourth-order valence-corrected chi connectivity index (χ4v) is 4.82. The first kappa shape index (κ1) is 17.5. The number of nitrogens with zero attached hydrogens (tertiary/aromatic N) is 1. The normalized spacial score (nSPS) is 19.7. The summed E-state index contributed by atoms with van der Waals surface area (Å²) in [5.41, 5.74) is 2.12. The van der Waals surface area contributed by atoms with Crippen LogP contribution < -0.4 is 10.2 Å². The molecule has 0 saturated carbocycles. The first-order valence-corrected chi connectivity index (χ1v) is 10.1. The number of hydrogen-bond acceptors (Lipinski definition) is 3. The van der Waals surface area contributed by atoms with Gasteiger partial charge in [-0.05, 0) is 29.8 Å². The minimum Gasteiger partial charge on any atom is -0.347 e. The van der Waals surface area contributed by atoms with Gasteiger partial charge in [-0.25, -0.2) is 4.98 Å². The van der Waals surface area contributed by atoms with Crippen LogP contribution in [-0.4, -0.2) is 24.0 Å². The van der Waals surface area contributed by atoms with Gasteiger partial charge in [-0.3, -0.25) is 4.79 Å². The number of likely N-dealkylation sites (tertiary alicyclic amines) is 1. The van der Waals surface area contributed by atoms with E-state index >= 15 is 0 Å². The number of carbonyl (C=O) groups is 1. The van der Waals surface area contributed by atoms with E-state index in [1.807, 2.05) is 36.4 Å². The molecule has 0 aliphatic carbocycles. The van der Waals surface area contributed by atoms with Crippen LogP contribution in [0.1, 0.15) is 29.5 Å². The van der Waals surface area contributed by atoms with Crippen molar-refractivity contribution >= 4 is 39.1 Å². The van der Waals surface area contributed by atoms with Crippen molar-refractivity contribution in [1.82, 2.24) is 10.3 Å². The van der Waals surface area contributed by atoms with Crippen LogP contribution >= 0.6 is 22.9 Å². The summed E-state index contributed by atoms with van der Waals surface area (Å²) in [4.78, 5) is 18.5. The monoisotopic (exact) mass is 386 g/mol. The average Bonchev–Trinajstić information content (AvgIpc) is 3.27. The number of para-hydroxylation sites is 1. The van der Waals surface area contributed by atoms with Crippen LogP contribution in [0.5, 0.6) is 0 Å². The molecule has 4 nitrogen and oxygen atoms in total. The second kappa shape index (κ2) is 7.74. The Hall–Kier alpha value is -1.95. The number of quaternary nitrogens is 1. The number of carbonyl (C=O) groups excluding carboxylic acids is 1. The molecule has 3 aromatic rings. The van der Waals surface area contributed by atoms with Gasteiger partial charge in [0.25, 0.3) is 5.91 Å². The van der Waals surface area contributed by atoms with E-state index < -0.39 is 0 Å². The van der Waals surface area contributed by atoms with E-state index in [4.69, 9.17) is 16.6 Å². The standard InChI is InChI=1S/C20H20ClN3OS/c21-15-9-7-14(8-10-15)12-22-19(25)13-24-11-3-5-17(24)20-23-16-4-1-2-6-18(16)26-20/h1-2,4,6-10,17H,3,5,11-13H2,(H,22,25)/p+1/t17-/m0/s1. The Morgan fingerprint density at radius 2 is 2.04 bits per heavy atom. The van der Waals surface area contributed by atoms with E-state index in [0.717, 1.165) is 35.5 Å². The molecule has 1 amide bonds. The van der Waals surface area contributed by atoms with Crippen LogP contribution in [0.25, 0.3) is 10.2 Å². The molecular weight excluding hydrogens is 366 g/mol. The van der Waals surface area contributed by atoms with E-state index in [0.29, 0.717) is 24.2 Å². The molecule has 2 heterocycles. The molecule has 1 unspecified atom stereocenters. The predicted octanol–water partition coefficient (Wildman–Crippen LogP) is 2.99. The zero-order valence-electron chi connectivity index (χ0n) is 14.4. The molecule has 1 aromatic heterocycles. The topological polar surface area (TPSA) is 46.4 Å². The van der Waals surface area contributed by atoms with E-state index in [2.05, 4.69) is 17.4 Å². The number of thiazole rings is 1. The molecule has 4 rings (SSSR count). The molecule has 0 spiro atoms. The lowest BCUT2D eigenvalue weighted by molar-refractivity contribution is -0.910. The maximum absolute atomic E-state index is 12.4. The SMILES string of the molecule is O=C(C[NH+]1CCC[C@H]1c1nc2ccccc2s1)NCc1ccc(Cl)cc1. The van der Waals surface area contributed by atoms with Gasteiger partial charge in [0.05, 0.1) is 16.8 Å². The number of amides is 1. The molecule has 2 aromatic carbocycles. The number of nitrogens with one attached hydrogen (secondary N) is 2. The van der Waals surface area contributed by atoms with Crippen molar-refractivity contribution in [3.05, 3.63) is 64.1 Å². The van der Waals surface area contributed by atoms with E-state index in [1.165, 1.54) is 9.60 Å². The number of aromatic nitrogens is 1. The zero-order chi connectivity index (χ0) is 17.9. The zero-order valence-corrected chi connectivity index (χ0v) is 15.9. The van der Waals surface area contributed by atoms with Gasteiger partial charge in [0, 0.05) is 24.4 Å². The second-order valence-electron chi connectivity index (χ2n) is 6.70. The third-order valence-corrected chi connectivity index (χ3v) is 6.28. The lowest BCUT2D eigenvalue weighted by Gasteiger charge is -2.19. The summed E-state index contributed by atoms with van der Waals surface area (Å²) in [7, 11) is 0. The quantitative estimate of drug-likeness (QED) is 0.708. The van der Waals surface area contributed by atoms with Crippen LogP contribution in [-0.2, 0) is 11.3 Å². The van der Waals surface area contributed by atoms with Crippen LogP contribution in [0.2, 0.25) is 5.02 Å². The Morgan fingerprint density at radius 1 is 1.23 bits per heavy atom.